The van der Waals surface area contributed by atoms with Crippen molar-refractivity contribution in [1.29, 1.82) is 0 Å². The Hall–Kier alpha value is -8.55. The van der Waals surface area contributed by atoms with Crippen molar-refractivity contribution in [3.8, 4) is 27.9 Å². The van der Waals surface area contributed by atoms with E-state index in [1.54, 1.807) is 24.7 Å². The summed E-state index contributed by atoms with van der Waals surface area (Å²) in [6, 6.07) is 55.9. The highest BCUT2D eigenvalue weighted by molar-refractivity contribution is 6.35. The van der Waals surface area contributed by atoms with Gasteiger partial charge in [-0.3, -0.25) is 24.5 Å². The van der Waals surface area contributed by atoms with Gasteiger partial charge in [-0.05, 0) is 126 Å². The number of aryl methyl sites for hydroxylation is 1. The third kappa shape index (κ3) is 10.1. The highest BCUT2D eigenvalue weighted by atomic mass is 16.2. The molecule has 6 aromatic carbocycles. The lowest BCUT2D eigenvalue weighted by molar-refractivity contribution is 0.0926. The highest BCUT2D eigenvalue weighted by Crippen LogP contribution is 2.39. The van der Waals surface area contributed by atoms with E-state index in [0.717, 1.165) is 50.5 Å². The van der Waals surface area contributed by atoms with Gasteiger partial charge in [0.05, 0.1) is 33.5 Å². The fourth-order valence-electron chi connectivity index (χ4n) is 7.84. The van der Waals surface area contributed by atoms with Crippen LogP contribution in [-0.2, 0) is 6.42 Å². The summed E-state index contributed by atoms with van der Waals surface area (Å²) in [5.74, 6) is -0.637. The quantitative estimate of drug-likeness (QED) is 0.0866. The second-order valence-corrected chi connectivity index (χ2v) is 15.0. The number of hydrogen-bond donors (Lipinski definition) is 0. The Morgan fingerprint density at radius 1 is 0.591 bits per heavy atom. The van der Waals surface area contributed by atoms with Gasteiger partial charge in [0, 0.05) is 48.0 Å². The molecule has 0 atom stereocenters. The molecule has 4 heterocycles. The summed E-state index contributed by atoms with van der Waals surface area (Å²) in [5.41, 5.74) is 12.0. The Morgan fingerprint density at radius 2 is 1.18 bits per heavy atom. The van der Waals surface area contributed by atoms with Gasteiger partial charge < -0.3 is 4.57 Å². The Balaban J connectivity index is 0.000000220. The number of hydrogen-bond acceptors (Lipinski definition) is 5. The maximum atomic E-state index is 14.1. The van der Waals surface area contributed by atoms with Crippen molar-refractivity contribution >= 4 is 51.1 Å². The van der Waals surface area contributed by atoms with Gasteiger partial charge in [0.2, 0.25) is 0 Å². The van der Waals surface area contributed by atoms with Crippen LogP contribution >= 0.6 is 0 Å². The summed E-state index contributed by atoms with van der Waals surface area (Å²) in [6.45, 7) is 13.1. The van der Waals surface area contributed by atoms with Gasteiger partial charge in [-0.2, -0.15) is 0 Å². The van der Waals surface area contributed by atoms with Crippen molar-refractivity contribution in [2.75, 3.05) is 4.90 Å². The van der Waals surface area contributed by atoms with Gasteiger partial charge in [0.25, 0.3) is 11.8 Å². The van der Waals surface area contributed by atoms with E-state index in [-0.39, 0.29) is 11.8 Å². The molecule has 10 rings (SSSR count). The summed E-state index contributed by atoms with van der Waals surface area (Å²) >= 11 is 0. The number of anilines is 1. The summed E-state index contributed by atoms with van der Waals surface area (Å²) in [5, 5.41) is 2.15. The van der Waals surface area contributed by atoms with E-state index >= 15 is 0 Å². The van der Waals surface area contributed by atoms with E-state index in [9.17, 15) is 9.59 Å². The maximum Gasteiger partial charge on any atom is 0.268 e. The number of allylic oxidation sites excluding steroid dienone is 3. The average Bonchev–Trinajstić information content (AvgIpc) is 3.85. The molecule has 0 spiro atoms. The minimum absolute atomic E-state index is 0.315. The number of pyridine rings is 2. The van der Waals surface area contributed by atoms with E-state index in [0.29, 0.717) is 22.5 Å². The van der Waals surface area contributed by atoms with Crippen LogP contribution < -0.4 is 4.90 Å². The molecule has 0 unspecified atom stereocenters. The standard InChI is InChI=1S/C37H23N3O2.C11H12.C7H9N.C4H7N/c41-36-30-10-6-12-34(35(30)37(42)39(36)28-16-13-25(14-17-28)24-7-2-1-3-8-24)40-32-11-5-4-9-29(32)31-23-27(15-18-33(31)40)26-19-21-38-22-20-26;1-3-10(4-2)11-8-6-5-7-9-11;1-2-7-3-5-8-6-4-7;1-3-5-4-2/h1-23H;3-9H,1H2,2H3;3-6H,2H2,1H3;3-4H,1H2,2H3/b;10-4+;;. The molecule has 2 amide bonds. The van der Waals surface area contributed by atoms with Gasteiger partial charge in [0.15, 0.2) is 0 Å². The molecule has 1 aliphatic heterocycles. The molecular weight excluding hydrogens is 811 g/mol. The number of aliphatic imine (C=N–C) groups is 1. The Morgan fingerprint density at radius 3 is 1.79 bits per heavy atom. The molecule has 7 nitrogen and oxygen atoms in total. The molecule has 0 saturated heterocycles. The number of fused-ring (bicyclic) bond motifs is 4. The first-order valence-electron chi connectivity index (χ1n) is 21.8. The zero-order valence-electron chi connectivity index (χ0n) is 37.5. The molecule has 66 heavy (non-hydrogen) atoms. The SMILES string of the molecule is C=C/C(=C\C)c1ccccc1.C=CN=CC.CCc1ccncc1.O=C1c2cccc(-n3c4ccccc4c4cc(-c5ccncc5)ccc43)c2C(=O)N1c1ccc(-c2ccccc2)cc1. The molecule has 3 aromatic heterocycles. The molecule has 9 aromatic rings. The molecule has 324 valence electrons. The monoisotopic (exact) mass is 861 g/mol. The van der Waals surface area contributed by atoms with E-state index < -0.39 is 0 Å². The topological polar surface area (TPSA) is 80.5 Å². The van der Waals surface area contributed by atoms with Crippen LogP contribution in [0.5, 0.6) is 0 Å². The average molecular weight is 862 g/mol. The minimum atomic E-state index is -0.322. The zero-order valence-corrected chi connectivity index (χ0v) is 37.5. The smallest absolute Gasteiger partial charge is 0.268 e. The van der Waals surface area contributed by atoms with Gasteiger partial charge in [0.1, 0.15) is 0 Å². The number of aromatic nitrogens is 3. The predicted octanol–water partition coefficient (Wildman–Crippen LogP) is 14.5. The first-order chi connectivity index (χ1) is 32.4. The van der Waals surface area contributed by atoms with Gasteiger partial charge in [-0.1, -0.05) is 135 Å². The van der Waals surface area contributed by atoms with Gasteiger partial charge in [-0.25, -0.2) is 4.90 Å². The molecule has 1 aliphatic rings. The summed E-state index contributed by atoms with van der Waals surface area (Å²) in [7, 11) is 0. The van der Waals surface area contributed by atoms with E-state index in [4.69, 9.17) is 0 Å². The number of rotatable bonds is 8. The van der Waals surface area contributed by atoms with Crippen molar-refractivity contribution in [2.24, 2.45) is 4.99 Å². The van der Waals surface area contributed by atoms with Crippen molar-refractivity contribution in [2.45, 2.75) is 27.2 Å². The van der Waals surface area contributed by atoms with Crippen LogP contribution in [0.25, 0.3) is 55.3 Å². The lowest BCUT2D eigenvalue weighted by Crippen LogP contribution is -2.29. The molecule has 7 heteroatoms. The van der Waals surface area contributed by atoms with E-state index in [1.807, 2.05) is 154 Å². The Labute approximate surface area is 387 Å². The van der Waals surface area contributed by atoms with Gasteiger partial charge >= 0.3 is 0 Å². The molecule has 0 bridgehead atoms. The molecule has 0 N–H and O–H groups in total. The molecular formula is C59H51N5O2. The largest absolute Gasteiger partial charge is 0.308 e. The normalized spacial score (nSPS) is 11.8. The molecule has 0 aliphatic carbocycles. The summed E-state index contributed by atoms with van der Waals surface area (Å²) in [6.07, 6.45) is 15.4. The number of carbonyl (C=O) groups is 2. The lowest BCUT2D eigenvalue weighted by atomic mass is 10.0. The van der Waals surface area contributed by atoms with Crippen LogP contribution in [0.3, 0.4) is 0 Å². The number of nitrogens with zero attached hydrogens (tertiary/aromatic N) is 5. The molecule has 0 saturated carbocycles. The maximum absolute atomic E-state index is 14.1. The predicted molar refractivity (Wildman–Crippen MR) is 275 cm³/mol. The molecule has 0 radical (unpaired) electrons. The first-order valence-corrected chi connectivity index (χ1v) is 21.8. The fraction of sp³-hybridized carbons (Fsp3) is 0.0678. The zero-order chi connectivity index (χ0) is 46.3. The van der Waals surface area contributed by atoms with Crippen molar-refractivity contribution in [3.63, 3.8) is 0 Å². The number of benzene rings is 6. The van der Waals surface area contributed by atoms with Crippen LogP contribution in [0.1, 0.15) is 52.6 Å². The minimum Gasteiger partial charge on any atom is -0.308 e. The van der Waals surface area contributed by atoms with Crippen LogP contribution in [0.2, 0.25) is 0 Å². The van der Waals surface area contributed by atoms with Crippen molar-refractivity contribution in [3.05, 3.63) is 248 Å². The second kappa shape index (κ2) is 22.2. The van der Waals surface area contributed by atoms with Crippen molar-refractivity contribution in [1.82, 2.24) is 14.5 Å². The van der Waals surface area contributed by atoms with Gasteiger partial charge in [-0.15, -0.1) is 0 Å². The first kappa shape index (κ1) is 45.5. The lowest BCUT2D eigenvalue weighted by Gasteiger charge is -2.15. The Bertz CT molecular complexity index is 3140. The third-order valence-corrected chi connectivity index (χ3v) is 11.1. The fourth-order valence-corrected chi connectivity index (χ4v) is 7.84. The second-order valence-electron chi connectivity index (χ2n) is 15.0. The summed E-state index contributed by atoms with van der Waals surface area (Å²) < 4.78 is 2.10. The van der Waals surface area contributed by atoms with E-state index in [2.05, 4.69) is 88.1 Å². The third-order valence-electron chi connectivity index (χ3n) is 11.1. The van der Waals surface area contributed by atoms with Crippen LogP contribution in [0.4, 0.5) is 5.69 Å². The molecule has 0 fully saturated rings. The highest BCUT2D eigenvalue weighted by Gasteiger charge is 2.39. The van der Waals surface area contributed by atoms with Crippen molar-refractivity contribution < 1.29 is 9.59 Å². The van der Waals surface area contributed by atoms with E-state index in [1.165, 1.54) is 27.8 Å². The number of imide groups is 1. The van der Waals surface area contributed by atoms with Crippen LogP contribution in [0, 0.1) is 0 Å². The number of para-hydroxylation sites is 1. The van der Waals surface area contributed by atoms with Crippen LogP contribution in [-0.4, -0.2) is 32.6 Å². The summed E-state index contributed by atoms with van der Waals surface area (Å²) in [4.78, 5) is 40.7. The number of carbonyl (C=O) groups excluding carboxylic acids is 2. The Kier molecular flexibility index (Phi) is 15.3. The number of amides is 2. The van der Waals surface area contributed by atoms with Crippen LogP contribution in [0.15, 0.2) is 231 Å².